The van der Waals surface area contributed by atoms with Crippen LogP contribution < -0.4 is 10.2 Å². The van der Waals surface area contributed by atoms with Crippen LogP contribution in [0, 0.1) is 0 Å². The van der Waals surface area contributed by atoms with Crippen LogP contribution in [0.1, 0.15) is 12.8 Å². The first kappa shape index (κ1) is 14.8. The highest BCUT2D eigenvalue weighted by atomic mass is 79.9. The molecule has 5 nitrogen and oxygen atoms in total. The van der Waals surface area contributed by atoms with Gasteiger partial charge in [-0.3, -0.25) is 0 Å². The molecule has 8 heteroatoms. The van der Waals surface area contributed by atoms with E-state index in [9.17, 15) is 0 Å². The summed E-state index contributed by atoms with van der Waals surface area (Å²) in [7, 11) is 0. The molecule has 1 aromatic carbocycles. The second-order valence-corrected chi connectivity index (χ2v) is 6.19. The van der Waals surface area contributed by atoms with Crippen LogP contribution in [-0.2, 0) is 0 Å². The number of anilines is 3. The van der Waals surface area contributed by atoms with E-state index in [0.717, 1.165) is 36.1 Å². The number of hydrogen-bond donors (Lipinski definition) is 1. The number of nitrogens with zero attached hydrogens (tertiary/aromatic N) is 4. The second-order valence-electron chi connectivity index (χ2n) is 4.65. The standard InChI is InChI=1S/C13H12BrCl2N5/c14-10-8(15)4-3-5-9(10)17-12-18-11(16)19-13(20-12)21-6-1-2-7-21/h3-5H,1-2,6-7H2,(H,17,18,19,20). The summed E-state index contributed by atoms with van der Waals surface area (Å²) in [6, 6.07) is 5.52. The van der Waals surface area contributed by atoms with Gasteiger partial charge in [-0.1, -0.05) is 17.7 Å². The van der Waals surface area contributed by atoms with Crippen LogP contribution in [0.5, 0.6) is 0 Å². The number of nitrogens with one attached hydrogen (secondary N) is 1. The average molecular weight is 389 g/mol. The fourth-order valence-electron chi connectivity index (χ4n) is 2.17. The molecule has 110 valence electrons. The number of benzene rings is 1. The maximum absolute atomic E-state index is 6.07. The van der Waals surface area contributed by atoms with Gasteiger partial charge in [-0.15, -0.1) is 0 Å². The lowest BCUT2D eigenvalue weighted by Gasteiger charge is -2.16. The van der Waals surface area contributed by atoms with Crippen LogP contribution in [0.25, 0.3) is 0 Å². The number of halogens is 3. The zero-order valence-corrected chi connectivity index (χ0v) is 14.1. The summed E-state index contributed by atoms with van der Waals surface area (Å²) in [5.41, 5.74) is 0.775. The summed E-state index contributed by atoms with van der Waals surface area (Å²) < 4.78 is 0.755. The molecular formula is C13H12BrCl2N5. The van der Waals surface area contributed by atoms with Crippen LogP contribution in [0.2, 0.25) is 10.3 Å². The van der Waals surface area contributed by atoms with Crippen molar-refractivity contribution in [1.29, 1.82) is 0 Å². The molecule has 3 rings (SSSR count). The number of rotatable bonds is 3. The molecule has 1 fully saturated rings. The molecule has 0 radical (unpaired) electrons. The molecule has 2 aromatic rings. The molecule has 0 aliphatic carbocycles. The highest BCUT2D eigenvalue weighted by Crippen LogP contribution is 2.31. The van der Waals surface area contributed by atoms with E-state index in [1.165, 1.54) is 0 Å². The fourth-order valence-corrected chi connectivity index (χ4v) is 2.87. The minimum Gasteiger partial charge on any atom is -0.341 e. The summed E-state index contributed by atoms with van der Waals surface area (Å²) in [5, 5.41) is 3.90. The molecule has 0 unspecified atom stereocenters. The Balaban J connectivity index is 1.89. The Labute approximate surface area is 140 Å². The quantitative estimate of drug-likeness (QED) is 0.850. The van der Waals surface area contributed by atoms with Crippen molar-refractivity contribution in [2.75, 3.05) is 23.3 Å². The van der Waals surface area contributed by atoms with Gasteiger partial charge in [-0.2, -0.15) is 15.0 Å². The average Bonchev–Trinajstić information content (AvgIpc) is 2.97. The summed E-state index contributed by atoms with van der Waals surface area (Å²) in [6.45, 7) is 1.89. The highest BCUT2D eigenvalue weighted by molar-refractivity contribution is 9.10. The van der Waals surface area contributed by atoms with Crippen molar-refractivity contribution in [2.24, 2.45) is 0 Å². The van der Waals surface area contributed by atoms with Gasteiger partial charge in [0.15, 0.2) is 0 Å². The SMILES string of the molecule is Clc1nc(Nc2cccc(Cl)c2Br)nc(N2CCCC2)n1. The lowest BCUT2D eigenvalue weighted by Crippen LogP contribution is -2.21. The Bertz CT molecular complexity index is 661. The Morgan fingerprint density at radius 3 is 2.62 bits per heavy atom. The largest absolute Gasteiger partial charge is 0.341 e. The van der Waals surface area contributed by atoms with Crippen molar-refractivity contribution >= 4 is 56.7 Å². The van der Waals surface area contributed by atoms with Gasteiger partial charge in [0.05, 0.1) is 15.2 Å². The molecule has 1 aromatic heterocycles. The van der Waals surface area contributed by atoms with E-state index in [4.69, 9.17) is 23.2 Å². The third-order valence-electron chi connectivity index (χ3n) is 3.18. The first-order chi connectivity index (χ1) is 10.1. The van der Waals surface area contributed by atoms with Crippen molar-refractivity contribution in [3.8, 4) is 0 Å². The first-order valence-corrected chi connectivity index (χ1v) is 8.06. The normalized spacial score (nSPS) is 14.5. The lowest BCUT2D eigenvalue weighted by molar-refractivity contribution is 0.883. The van der Waals surface area contributed by atoms with Gasteiger partial charge in [-0.05, 0) is 52.5 Å². The van der Waals surface area contributed by atoms with E-state index in [1.54, 1.807) is 6.07 Å². The molecule has 0 amide bonds. The Kier molecular flexibility index (Phi) is 4.47. The van der Waals surface area contributed by atoms with Gasteiger partial charge in [0.1, 0.15) is 0 Å². The zero-order chi connectivity index (χ0) is 14.8. The minimum absolute atomic E-state index is 0.174. The molecule has 1 aliphatic rings. The summed E-state index contributed by atoms with van der Waals surface area (Å²) >= 11 is 15.5. The smallest absolute Gasteiger partial charge is 0.233 e. The van der Waals surface area contributed by atoms with Crippen LogP contribution in [0.4, 0.5) is 17.6 Å². The van der Waals surface area contributed by atoms with Crippen LogP contribution in [-0.4, -0.2) is 28.0 Å². The molecule has 0 atom stereocenters. The monoisotopic (exact) mass is 387 g/mol. The fraction of sp³-hybridized carbons (Fsp3) is 0.308. The van der Waals surface area contributed by atoms with Crippen molar-refractivity contribution < 1.29 is 0 Å². The van der Waals surface area contributed by atoms with Gasteiger partial charge in [0.2, 0.25) is 17.2 Å². The minimum atomic E-state index is 0.174. The van der Waals surface area contributed by atoms with E-state index in [2.05, 4.69) is 41.1 Å². The second kappa shape index (κ2) is 6.34. The molecule has 1 saturated heterocycles. The van der Waals surface area contributed by atoms with Gasteiger partial charge in [-0.25, -0.2) is 0 Å². The van der Waals surface area contributed by atoms with Crippen molar-refractivity contribution in [3.05, 3.63) is 33.0 Å². The van der Waals surface area contributed by atoms with Crippen molar-refractivity contribution in [2.45, 2.75) is 12.8 Å². The van der Waals surface area contributed by atoms with E-state index >= 15 is 0 Å². The van der Waals surface area contributed by atoms with Crippen LogP contribution in [0.3, 0.4) is 0 Å². The molecule has 21 heavy (non-hydrogen) atoms. The first-order valence-electron chi connectivity index (χ1n) is 6.51. The van der Waals surface area contributed by atoms with E-state index < -0.39 is 0 Å². The molecule has 2 heterocycles. The van der Waals surface area contributed by atoms with Gasteiger partial charge in [0, 0.05) is 13.1 Å². The van der Waals surface area contributed by atoms with Gasteiger partial charge < -0.3 is 10.2 Å². The third-order valence-corrected chi connectivity index (χ3v) is 4.75. The maximum Gasteiger partial charge on any atom is 0.233 e. The Morgan fingerprint density at radius 1 is 1.10 bits per heavy atom. The summed E-state index contributed by atoms with van der Waals surface area (Å²) in [4.78, 5) is 14.8. The Hall–Kier alpha value is -1.11. The topological polar surface area (TPSA) is 53.9 Å². The summed E-state index contributed by atoms with van der Waals surface area (Å²) in [5.74, 6) is 1.01. The van der Waals surface area contributed by atoms with E-state index in [1.807, 2.05) is 12.1 Å². The third kappa shape index (κ3) is 3.39. The molecular weight excluding hydrogens is 377 g/mol. The predicted octanol–water partition coefficient (Wildman–Crippen LogP) is 4.28. The van der Waals surface area contributed by atoms with E-state index in [-0.39, 0.29) is 5.28 Å². The van der Waals surface area contributed by atoms with Crippen molar-refractivity contribution in [3.63, 3.8) is 0 Å². The van der Waals surface area contributed by atoms with Crippen molar-refractivity contribution in [1.82, 2.24) is 15.0 Å². The summed E-state index contributed by atoms with van der Waals surface area (Å²) in [6.07, 6.45) is 2.29. The zero-order valence-electron chi connectivity index (χ0n) is 11.0. The number of hydrogen-bond acceptors (Lipinski definition) is 5. The maximum atomic E-state index is 6.07. The molecule has 0 bridgehead atoms. The highest BCUT2D eigenvalue weighted by Gasteiger charge is 2.17. The van der Waals surface area contributed by atoms with Crippen LogP contribution >= 0.6 is 39.1 Å². The number of aromatic nitrogens is 3. The van der Waals surface area contributed by atoms with Crippen LogP contribution in [0.15, 0.2) is 22.7 Å². The van der Waals surface area contributed by atoms with Gasteiger partial charge >= 0.3 is 0 Å². The van der Waals surface area contributed by atoms with Gasteiger partial charge in [0.25, 0.3) is 0 Å². The molecule has 1 aliphatic heterocycles. The predicted molar refractivity (Wildman–Crippen MR) is 88.7 cm³/mol. The lowest BCUT2D eigenvalue weighted by atomic mass is 10.3. The molecule has 0 spiro atoms. The Morgan fingerprint density at radius 2 is 1.86 bits per heavy atom. The molecule has 0 saturated carbocycles. The van der Waals surface area contributed by atoms with E-state index in [0.29, 0.717) is 16.9 Å². The molecule has 1 N–H and O–H groups in total.